The summed E-state index contributed by atoms with van der Waals surface area (Å²) in [4.78, 5) is 19.1. The van der Waals surface area contributed by atoms with Crippen molar-refractivity contribution in [3.8, 4) is 11.5 Å². The summed E-state index contributed by atoms with van der Waals surface area (Å²) in [5.74, 6) is 1.42. The van der Waals surface area contributed by atoms with Crippen LogP contribution in [0.15, 0.2) is 76.2 Å². The van der Waals surface area contributed by atoms with E-state index in [1.54, 1.807) is 13.3 Å². The first-order valence-electron chi connectivity index (χ1n) is 11.1. The van der Waals surface area contributed by atoms with Gasteiger partial charge in [-0.05, 0) is 85.0 Å². The number of methoxy groups -OCH3 is 1. The molecule has 0 atom stereocenters. The molecule has 1 amide bonds. The molecule has 5 nitrogen and oxygen atoms in total. The van der Waals surface area contributed by atoms with Crippen LogP contribution in [-0.4, -0.2) is 37.2 Å². The van der Waals surface area contributed by atoms with Gasteiger partial charge in [0.2, 0.25) is 0 Å². The predicted molar refractivity (Wildman–Crippen MR) is 135 cm³/mol. The van der Waals surface area contributed by atoms with Gasteiger partial charge in [0.15, 0.2) is 11.5 Å². The van der Waals surface area contributed by atoms with Crippen molar-refractivity contribution in [3.63, 3.8) is 0 Å². The van der Waals surface area contributed by atoms with Crippen molar-refractivity contribution in [1.29, 1.82) is 0 Å². The largest absolute Gasteiger partial charge is 0.493 e. The molecular formula is C27H27BrN2O3. The molecule has 1 aliphatic heterocycles. The van der Waals surface area contributed by atoms with E-state index in [9.17, 15) is 4.79 Å². The fourth-order valence-electron chi connectivity index (χ4n) is 3.74. The molecule has 0 unspecified atom stereocenters. The number of halogens is 1. The average Bonchev–Trinajstić information content (AvgIpc) is 2.87. The Labute approximate surface area is 203 Å². The maximum atomic E-state index is 12.6. The lowest BCUT2D eigenvalue weighted by molar-refractivity contribution is 0.0724. The molecule has 0 aliphatic carbocycles. The molecule has 1 fully saturated rings. The maximum absolute atomic E-state index is 12.6. The van der Waals surface area contributed by atoms with E-state index in [4.69, 9.17) is 9.47 Å². The highest BCUT2D eigenvalue weighted by atomic mass is 79.9. The van der Waals surface area contributed by atoms with Crippen molar-refractivity contribution >= 4 is 33.7 Å². The summed E-state index contributed by atoms with van der Waals surface area (Å²) in [6, 6.07) is 21.2. The van der Waals surface area contributed by atoms with Crippen LogP contribution >= 0.6 is 15.9 Å². The molecule has 0 spiro atoms. The number of benzene rings is 3. The van der Waals surface area contributed by atoms with Crippen molar-refractivity contribution in [2.24, 2.45) is 4.99 Å². The molecule has 0 saturated carbocycles. The molecule has 0 radical (unpaired) electrons. The Morgan fingerprint density at radius 3 is 2.39 bits per heavy atom. The number of piperidine rings is 1. The first kappa shape index (κ1) is 23.1. The Balaban J connectivity index is 1.37. The smallest absolute Gasteiger partial charge is 0.253 e. The third kappa shape index (κ3) is 6.23. The van der Waals surface area contributed by atoms with Gasteiger partial charge in [-0.25, -0.2) is 0 Å². The quantitative estimate of drug-likeness (QED) is 0.347. The topological polar surface area (TPSA) is 51.1 Å². The average molecular weight is 507 g/mol. The predicted octanol–water partition coefficient (Wildman–Crippen LogP) is 6.41. The first-order chi connectivity index (χ1) is 16.1. The van der Waals surface area contributed by atoms with Gasteiger partial charge in [-0.3, -0.25) is 9.79 Å². The molecule has 4 rings (SSSR count). The number of amides is 1. The molecule has 170 valence electrons. The summed E-state index contributed by atoms with van der Waals surface area (Å²) < 4.78 is 12.5. The Kier molecular flexibility index (Phi) is 7.79. The highest BCUT2D eigenvalue weighted by molar-refractivity contribution is 9.10. The fraction of sp³-hybridized carbons (Fsp3) is 0.259. The summed E-state index contributed by atoms with van der Waals surface area (Å²) in [5, 5.41) is 0. The van der Waals surface area contributed by atoms with Gasteiger partial charge in [0.05, 0.1) is 12.8 Å². The van der Waals surface area contributed by atoms with Crippen molar-refractivity contribution in [2.45, 2.75) is 25.9 Å². The standard InChI is InChI=1S/C27H27BrN2O3/c1-32-26-17-21(18-29-24-12-10-23(28)11-13-24)7-14-25(26)33-19-20-5-8-22(9-6-20)27(31)30-15-3-2-4-16-30/h5-14,17-18H,2-4,15-16,19H2,1H3. The Hall–Kier alpha value is -3.12. The second kappa shape index (κ2) is 11.1. The number of nitrogens with zero attached hydrogens (tertiary/aromatic N) is 2. The van der Waals surface area contributed by atoms with Crippen molar-refractivity contribution in [2.75, 3.05) is 20.2 Å². The van der Waals surface area contributed by atoms with Crippen LogP contribution in [0.2, 0.25) is 0 Å². The third-order valence-corrected chi connectivity index (χ3v) is 6.14. The molecule has 0 bridgehead atoms. The van der Waals surface area contributed by atoms with Crippen LogP contribution in [-0.2, 0) is 6.61 Å². The fourth-order valence-corrected chi connectivity index (χ4v) is 4.01. The Morgan fingerprint density at radius 1 is 0.970 bits per heavy atom. The van der Waals surface area contributed by atoms with E-state index in [0.29, 0.717) is 18.1 Å². The monoisotopic (exact) mass is 506 g/mol. The molecular weight excluding hydrogens is 480 g/mol. The number of carbonyl (C=O) groups is 1. The van der Waals surface area contributed by atoms with Gasteiger partial charge in [0, 0.05) is 29.3 Å². The van der Waals surface area contributed by atoms with Crippen LogP contribution in [0.5, 0.6) is 11.5 Å². The van der Waals surface area contributed by atoms with Gasteiger partial charge in [-0.15, -0.1) is 0 Å². The van der Waals surface area contributed by atoms with Gasteiger partial charge in [0.25, 0.3) is 5.91 Å². The summed E-state index contributed by atoms with van der Waals surface area (Å²) in [6.45, 7) is 2.10. The number of likely N-dealkylation sites (tertiary alicyclic amines) is 1. The van der Waals surface area contributed by atoms with Crippen LogP contribution in [0, 0.1) is 0 Å². The van der Waals surface area contributed by atoms with Crippen LogP contribution in [0.25, 0.3) is 0 Å². The van der Waals surface area contributed by atoms with Crippen LogP contribution in [0.4, 0.5) is 5.69 Å². The van der Waals surface area contributed by atoms with Crippen LogP contribution in [0.3, 0.4) is 0 Å². The maximum Gasteiger partial charge on any atom is 0.253 e. The Morgan fingerprint density at radius 2 is 1.70 bits per heavy atom. The number of hydrogen-bond acceptors (Lipinski definition) is 4. The highest BCUT2D eigenvalue weighted by Gasteiger charge is 2.18. The number of hydrogen-bond donors (Lipinski definition) is 0. The summed E-state index contributed by atoms with van der Waals surface area (Å²) in [5.41, 5.74) is 3.52. The number of carbonyl (C=O) groups excluding carboxylic acids is 1. The van der Waals surface area contributed by atoms with E-state index >= 15 is 0 Å². The van der Waals surface area contributed by atoms with Gasteiger partial charge in [-0.2, -0.15) is 0 Å². The minimum Gasteiger partial charge on any atom is -0.493 e. The van der Waals surface area contributed by atoms with Crippen LogP contribution < -0.4 is 9.47 Å². The molecule has 3 aromatic carbocycles. The third-order valence-electron chi connectivity index (χ3n) is 5.62. The molecule has 0 aromatic heterocycles. The second-order valence-corrected chi connectivity index (χ2v) is 8.90. The van der Waals surface area contributed by atoms with E-state index in [-0.39, 0.29) is 5.91 Å². The summed E-state index contributed by atoms with van der Waals surface area (Å²) in [6.07, 6.45) is 5.19. The lowest BCUT2D eigenvalue weighted by atomic mass is 10.1. The van der Waals surface area contributed by atoms with E-state index in [0.717, 1.165) is 52.8 Å². The first-order valence-corrected chi connectivity index (χ1v) is 11.9. The molecule has 3 aromatic rings. The molecule has 1 heterocycles. The zero-order valence-corrected chi connectivity index (χ0v) is 20.3. The zero-order chi connectivity index (χ0) is 23.0. The van der Waals surface area contributed by atoms with Gasteiger partial charge in [-0.1, -0.05) is 28.1 Å². The van der Waals surface area contributed by atoms with Crippen LogP contribution in [0.1, 0.15) is 40.7 Å². The number of rotatable bonds is 7. The molecule has 1 aliphatic rings. The molecule has 33 heavy (non-hydrogen) atoms. The van der Waals surface area contributed by atoms with Gasteiger partial charge >= 0.3 is 0 Å². The molecule has 0 N–H and O–H groups in total. The van der Waals surface area contributed by atoms with E-state index in [2.05, 4.69) is 20.9 Å². The second-order valence-electron chi connectivity index (χ2n) is 7.98. The van der Waals surface area contributed by atoms with E-state index in [1.807, 2.05) is 71.6 Å². The minimum atomic E-state index is 0.115. The van der Waals surface area contributed by atoms with E-state index in [1.165, 1.54) is 6.42 Å². The summed E-state index contributed by atoms with van der Waals surface area (Å²) in [7, 11) is 1.62. The lowest BCUT2D eigenvalue weighted by Crippen LogP contribution is -2.35. The number of ether oxygens (including phenoxy) is 2. The number of aliphatic imine (C=N–C) groups is 1. The molecule has 6 heteroatoms. The Bertz CT molecular complexity index is 1110. The summed E-state index contributed by atoms with van der Waals surface area (Å²) >= 11 is 3.43. The van der Waals surface area contributed by atoms with Crippen molar-refractivity contribution in [1.82, 2.24) is 4.90 Å². The minimum absolute atomic E-state index is 0.115. The van der Waals surface area contributed by atoms with Crippen molar-refractivity contribution < 1.29 is 14.3 Å². The SMILES string of the molecule is COc1cc(C=Nc2ccc(Br)cc2)ccc1OCc1ccc(C(=O)N2CCCCC2)cc1. The molecule has 1 saturated heterocycles. The zero-order valence-electron chi connectivity index (χ0n) is 18.7. The van der Waals surface area contributed by atoms with E-state index < -0.39 is 0 Å². The normalized spacial score (nSPS) is 13.8. The van der Waals surface area contributed by atoms with Gasteiger partial charge in [0.1, 0.15) is 6.61 Å². The highest BCUT2D eigenvalue weighted by Crippen LogP contribution is 2.29. The lowest BCUT2D eigenvalue weighted by Gasteiger charge is -2.26. The van der Waals surface area contributed by atoms with Crippen molar-refractivity contribution in [3.05, 3.63) is 87.9 Å². The van der Waals surface area contributed by atoms with Gasteiger partial charge < -0.3 is 14.4 Å².